The molecule has 0 bridgehead atoms. The average Bonchev–Trinajstić information content (AvgIpc) is 2.22. The molecule has 0 saturated carbocycles. The van der Waals surface area contributed by atoms with Crippen LogP contribution in [0.1, 0.15) is 40.0 Å². The predicted octanol–water partition coefficient (Wildman–Crippen LogP) is 1.46. The van der Waals surface area contributed by atoms with Crippen LogP contribution < -0.4 is 11.1 Å². The van der Waals surface area contributed by atoms with Crippen LogP contribution >= 0.6 is 0 Å². The molecule has 0 aromatic carbocycles. The second-order valence-electron chi connectivity index (χ2n) is 6.40. The summed E-state index contributed by atoms with van der Waals surface area (Å²) in [6.07, 6.45) is 2.54. The molecule has 1 unspecified atom stereocenters. The summed E-state index contributed by atoms with van der Waals surface area (Å²) in [7, 11) is 4.11. The minimum Gasteiger partial charge on any atom is -0.356 e. The van der Waals surface area contributed by atoms with Crippen molar-refractivity contribution in [3.8, 4) is 0 Å². The summed E-state index contributed by atoms with van der Waals surface area (Å²) in [5.41, 5.74) is 5.61. The Hall–Kier alpha value is -0.610. The predicted molar refractivity (Wildman–Crippen MR) is 77.4 cm³/mol. The van der Waals surface area contributed by atoms with Crippen molar-refractivity contribution in [2.75, 3.05) is 33.7 Å². The molecule has 18 heavy (non-hydrogen) atoms. The van der Waals surface area contributed by atoms with Crippen LogP contribution in [0.2, 0.25) is 0 Å². The molecule has 108 valence electrons. The fourth-order valence-electron chi connectivity index (χ4n) is 2.14. The molecule has 4 heteroatoms. The van der Waals surface area contributed by atoms with Crippen molar-refractivity contribution in [1.82, 2.24) is 10.2 Å². The molecule has 0 aliphatic heterocycles. The van der Waals surface area contributed by atoms with Crippen LogP contribution in [0.25, 0.3) is 0 Å². The van der Waals surface area contributed by atoms with E-state index in [0.717, 1.165) is 25.9 Å². The third kappa shape index (κ3) is 9.42. The second kappa shape index (κ2) is 8.48. The monoisotopic (exact) mass is 257 g/mol. The van der Waals surface area contributed by atoms with Gasteiger partial charge in [0.2, 0.25) is 5.91 Å². The highest BCUT2D eigenvalue weighted by molar-refractivity contribution is 5.75. The molecular formula is C14H31N3O. The fraction of sp³-hybridized carbons (Fsp3) is 0.929. The third-order valence-electron chi connectivity index (χ3n) is 3.03. The minimum atomic E-state index is 0.113. The van der Waals surface area contributed by atoms with E-state index in [1.807, 2.05) is 0 Å². The molecule has 0 aliphatic carbocycles. The van der Waals surface area contributed by atoms with Crippen LogP contribution in [0.4, 0.5) is 0 Å². The van der Waals surface area contributed by atoms with Crippen LogP contribution in [0.3, 0.4) is 0 Å². The normalized spacial score (nSPS) is 13.7. The summed E-state index contributed by atoms with van der Waals surface area (Å²) in [6, 6.07) is 0. The van der Waals surface area contributed by atoms with Crippen molar-refractivity contribution in [2.45, 2.75) is 40.0 Å². The number of rotatable bonds is 9. The zero-order chi connectivity index (χ0) is 14.2. The van der Waals surface area contributed by atoms with Crippen LogP contribution in [-0.2, 0) is 4.79 Å². The van der Waals surface area contributed by atoms with Gasteiger partial charge in [-0.1, -0.05) is 20.8 Å². The lowest BCUT2D eigenvalue weighted by Crippen LogP contribution is -2.40. The summed E-state index contributed by atoms with van der Waals surface area (Å²) in [5.74, 6) is 0.696. The standard InChI is InChI=1S/C14H31N3O/c1-12(8-9-15)6-7-13(18)16-10-14(2,3)11-17(4)5/h12H,6-11,15H2,1-5H3,(H,16,18). The van der Waals surface area contributed by atoms with Crippen molar-refractivity contribution < 1.29 is 4.79 Å². The fourth-order valence-corrected chi connectivity index (χ4v) is 2.14. The number of nitrogens with one attached hydrogen (secondary N) is 1. The summed E-state index contributed by atoms with van der Waals surface area (Å²) < 4.78 is 0. The quantitative estimate of drug-likeness (QED) is 0.657. The van der Waals surface area contributed by atoms with E-state index < -0.39 is 0 Å². The van der Waals surface area contributed by atoms with E-state index in [0.29, 0.717) is 18.9 Å². The molecule has 0 rings (SSSR count). The number of nitrogens with zero attached hydrogens (tertiary/aromatic N) is 1. The van der Waals surface area contributed by atoms with Crippen molar-refractivity contribution in [3.63, 3.8) is 0 Å². The Kier molecular flexibility index (Phi) is 8.20. The Morgan fingerprint density at radius 3 is 2.44 bits per heavy atom. The molecule has 0 saturated heterocycles. The van der Waals surface area contributed by atoms with E-state index in [1.165, 1.54) is 0 Å². The van der Waals surface area contributed by atoms with Gasteiger partial charge in [0.15, 0.2) is 0 Å². The molecule has 1 amide bonds. The van der Waals surface area contributed by atoms with Crippen LogP contribution in [0.15, 0.2) is 0 Å². The van der Waals surface area contributed by atoms with Gasteiger partial charge < -0.3 is 16.0 Å². The maximum atomic E-state index is 11.7. The lowest BCUT2D eigenvalue weighted by Gasteiger charge is -2.28. The van der Waals surface area contributed by atoms with Gasteiger partial charge >= 0.3 is 0 Å². The van der Waals surface area contributed by atoms with E-state index in [1.54, 1.807) is 0 Å². The highest BCUT2D eigenvalue weighted by atomic mass is 16.1. The van der Waals surface area contributed by atoms with Crippen molar-refractivity contribution in [1.29, 1.82) is 0 Å². The smallest absolute Gasteiger partial charge is 0.220 e. The molecular weight excluding hydrogens is 226 g/mol. The number of hydrogen-bond acceptors (Lipinski definition) is 3. The van der Waals surface area contributed by atoms with Crippen LogP contribution in [0.5, 0.6) is 0 Å². The Bertz CT molecular complexity index is 239. The molecule has 4 nitrogen and oxygen atoms in total. The minimum absolute atomic E-state index is 0.113. The van der Waals surface area contributed by atoms with Crippen molar-refractivity contribution in [2.24, 2.45) is 17.1 Å². The zero-order valence-corrected chi connectivity index (χ0v) is 12.8. The number of carbonyl (C=O) groups is 1. The first kappa shape index (κ1) is 17.4. The number of hydrogen-bond donors (Lipinski definition) is 2. The van der Waals surface area contributed by atoms with Gasteiger partial charge in [-0.15, -0.1) is 0 Å². The Morgan fingerprint density at radius 2 is 1.94 bits per heavy atom. The number of amides is 1. The Morgan fingerprint density at radius 1 is 1.33 bits per heavy atom. The van der Waals surface area contributed by atoms with E-state index in [4.69, 9.17) is 5.73 Å². The van der Waals surface area contributed by atoms with Gasteiger partial charge in [-0.05, 0) is 44.8 Å². The first-order chi connectivity index (χ1) is 8.26. The number of carbonyl (C=O) groups excluding carboxylic acids is 1. The topological polar surface area (TPSA) is 58.4 Å². The first-order valence-corrected chi connectivity index (χ1v) is 6.88. The largest absolute Gasteiger partial charge is 0.356 e. The SMILES string of the molecule is CC(CCN)CCC(=O)NCC(C)(C)CN(C)C. The lowest BCUT2D eigenvalue weighted by atomic mass is 9.93. The maximum Gasteiger partial charge on any atom is 0.220 e. The molecule has 0 spiro atoms. The van der Waals surface area contributed by atoms with Crippen molar-refractivity contribution in [3.05, 3.63) is 0 Å². The summed E-state index contributed by atoms with van der Waals surface area (Å²) in [5, 5.41) is 3.03. The lowest BCUT2D eigenvalue weighted by molar-refractivity contribution is -0.121. The average molecular weight is 257 g/mol. The Balaban J connectivity index is 3.82. The van der Waals surface area contributed by atoms with E-state index in [-0.39, 0.29) is 11.3 Å². The molecule has 0 radical (unpaired) electrons. The summed E-state index contributed by atoms with van der Waals surface area (Å²) in [6.45, 7) is 8.90. The molecule has 0 aliphatic rings. The highest BCUT2D eigenvalue weighted by Gasteiger charge is 2.19. The van der Waals surface area contributed by atoms with Crippen LogP contribution in [0, 0.1) is 11.3 Å². The van der Waals surface area contributed by atoms with Gasteiger partial charge in [0.25, 0.3) is 0 Å². The third-order valence-corrected chi connectivity index (χ3v) is 3.03. The molecule has 0 fully saturated rings. The van der Waals surface area contributed by atoms with E-state index in [9.17, 15) is 4.79 Å². The van der Waals surface area contributed by atoms with Gasteiger partial charge in [-0.25, -0.2) is 0 Å². The van der Waals surface area contributed by atoms with Gasteiger partial charge in [-0.2, -0.15) is 0 Å². The zero-order valence-electron chi connectivity index (χ0n) is 12.8. The second-order valence-corrected chi connectivity index (χ2v) is 6.40. The van der Waals surface area contributed by atoms with E-state index in [2.05, 4.69) is 45.1 Å². The van der Waals surface area contributed by atoms with Crippen molar-refractivity contribution >= 4 is 5.91 Å². The van der Waals surface area contributed by atoms with E-state index >= 15 is 0 Å². The highest BCUT2D eigenvalue weighted by Crippen LogP contribution is 2.14. The van der Waals surface area contributed by atoms with Gasteiger partial charge in [-0.3, -0.25) is 4.79 Å². The molecule has 3 N–H and O–H groups in total. The maximum absolute atomic E-state index is 11.7. The molecule has 0 heterocycles. The van der Waals surface area contributed by atoms with Gasteiger partial charge in [0, 0.05) is 19.5 Å². The Labute approximate surface area is 112 Å². The molecule has 0 aromatic rings. The molecule has 0 aromatic heterocycles. The number of nitrogens with two attached hydrogens (primary N) is 1. The first-order valence-electron chi connectivity index (χ1n) is 6.88. The van der Waals surface area contributed by atoms with Crippen LogP contribution in [-0.4, -0.2) is 44.5 Å². The van der Waals surface area contributed by atoms with Gasteiger partial charge in [0.1, 0.15) is 0 Å². The van der Waals surface area contributed by atoms with Gasteiger partial charge in [0.05, 0.1) is 0 Å². The summed E-state index contributed by atoms with van der Waals surface area (Å²) in [4.78, 5) is 13.9. The summed E-state index contributed by atoms with van der Waals surface area (Å²) >= 11 is 0. The molecule has 1 atom stereocenters.